The summed E-state index contributed by atoms with van der Waals surface area (Å²) in [6.45, 7) is 1.79. The lowest BCUT2D eigenvalue weighted by atomic mass is 10.1. The number of aromatic nitrogens is 3. The number of H-pyrrole nitrogens is 1. The standard InChI is InChI=1S/C25H18N4O6/c1-14-9-10-20-18(11-14)21(28-23(30)17-7-2-3-8-19(17)26-25(28)33)22(24(31)32)27(20)13-15-5-4-6-16(12-15)29(34)35/h2-12H,13H2,1H3,(H,26,33)(H,31,32). The molecule has 0 bridgehead atoms. The van der Waals surface area contributed by atoms with E-state index in [0.717, 1.165) is 10.1 Å². The number of hydrogen-bond acceptors (Lipinski definition) is 5. The Kier molecular flexibility index (Phi) is 5.05. The van der Waals surface area contributed by atoms with Crippen LogP contribution < -0.4 is 11.2 Å². The molecule has 0 amide bonds. The molecule has 0 unspecified atom stereocenters. The number of nitro benzene ring substituents is 1. The fourth-order valence-corrected chi connectivity index (χ4v) is 4.37. The molecule has 0 fully saturated rings. The first kappa shape index (κ1) is 21.8. The van der Waals surface area contributed by atoms with Crippen molar-refractivity contribution in [2.75, 3.05) is 0 Å². The molecule has 0 aliphatic heterocycles. The summed E-state index contributed by atoms with van der Waals surface area (Å²) in [5.74, 6) is -1.35. The number of para-hydroxylation sites is 1. The molecule has 10 heteroatoms. The Hall–Kier alpha value is -4.99. The Bertz CT molecular complexity index is 1790. The first-order valence-electron chi connectivity index (χ1n) is 10.6. The molecule has 0 aliphatic carbocycles. The maximum atomic E-state index is 13.4. The van der Waals surface area contributed by atoms with Crippen molar-refractivity contribution in [2.45, 2.75) is 13.5 Å². The summed E-state index contributed by atoms with van der Waals surface area (Å²) in [6, 6.07) is 17.6. The first-order chi connectivity index (χ1) is 16.8. The summed E-state index contributed by atoms with van der Waals surface area (Å²) in [7, 11) is 0. The number of benzene rings is 3. The van der Waals surface area contributed by atoms with Crippen LogP contribution in [0.1, 0.15) is 21.6 Å². The molecule has 35 heavy (non-hydrogen) atoms. The van der Waals surface area contributed by atoms with Crippen LogP contribution in [0.5, 0.6) is 0 Å². The molecule has 0 radical (unpaired) electrons. The molecule has 2 N–H and O–H groups in total. The van der Waals surface area contributed by atoms with E-state index in [1.165, 1.54) is 22.8 Å². The normalized spacial score (nSPS) is 11.2. The van der Waals surface area contributed by atoms with Crippen molar-refractivity contribution < 1.29 is 14.8 Å². The Morgan fingerprint density at radius 3 is 2.54 bits per heavy atom. The van der Waals surface area contributed by atoms with Crippen LogP contribution in [0.3, 0.4) is 0 Å². The van der Waals surface area contributed by atoms with Gasteiger partial charge in [0.15, 0.2) is 5.69 Å². The molecule has 0 saturated heterocycles. The van der Waals surface area contributed by atoms with Crippen LogP contribution >= 0.6 is 0 Å². The molecule has 2 aromatic heterocycles. The largest absolute Gasteiger partial charge is 0.477 e. The van der Waals surface area contributed by atoms with Gasteiger partial charge in [0.2, 0.25) is 0 Å². The van der Waals surface area contributed by atoms with Crippen LogP contribution in [0.15, 0.2) is 76.3 Å². The average molecular weight is 470 g/mol. The highest BCUT2D eigenvalue weighted by atomic mass is 16.6. The zero-order valence-corrected chi connectivity index (χ0v) is 18.4. The van der Waals surface area contributed by atoms with E-state index in [9.17, 15) is 29.6 Å². The molecular formula is C25H18N4O6. The highest BCUT2D eigenvalue weighted by Crippen LogP contribution is 2.31. The predicted octanol–water partition coefficient (Wildman–Crippen LogP) is 3.60. The zero-order valence-electron chi connectivity index (χ0n) is 18.4. The molecule has 0 spiro atoms. The second-order valence-corrected chi connectivity index (χ2v) is 8.15. The SMILES string of the molecule is Cc1ccc2c(c1)c(-n1c(=O)[nH]c3ccccc3c1=O)c(C(=O)O)n2Cc1cccc([N+](=O)[O-])c1. The smallest absolute Gasteiger partial charge is 0.354 e. The van der Waals surface area contributed by atoms with Gasteiger partial charge < -0.3 is 14.7 Å². The molecule has 0 atom stereocenters. The van der Waals surface area contributed by atoms with E-state index >= 15 is 0 Å². The zero-order chi connectivity index (χ0) is 24.9. The van der Waals surface area contributed by atoms with E-state index in [-0.39, 0.29) is 29.0 Å². The number of nitro groups is 1. The summed E-state index contributed by atoms with van der Waals surface area (Å²) in [6.07, 6.45) is 0. The second kappa shape index (κ2) is 8.10. The number of carboxylic acid groups (broad SMARTS) is 1. The van der Waals surface area contributed by atoms with E-state index in [2.05, 4.69) is 4.98 Å². The van der Waals surface area contributed by atoms with E-state index in [1.54, 1.807) is 48.5 Å². The molecule has 0 saturated carbocycles. The van der Waals surface area contributed by atoms with Crippen LogP contribution in [0, 0.1) is 17.0 Å². The lowest BCUT2D eigenvalue weighted by Gasteiger charge is -2.10. The van der Waals surface area contributed by atoms with E-state index in [1.807, 2.05) is 6.92 Å². The van der Waals surface area contributed by atoms with E-state index < -0.39 is 22.1 Å². The Morgan fingerprint density at radius 2 is 1.80 bits per heavy atom. The minimum Gasteiger partial charge on any atom is -0.477 e. The van der Waals surface area contributed by atoms with Gasteiger partial charge in [-0.3, -0.25) is 14.9 Å². The van der Waals surface area contributed by atoms with Crippen molar-refractivity contribution in [1.82, 2.24) is 14.1 Å². The number of non-ortho nitro benzene ring substituents is 1. The Morgan fingerprint density at radius 1 is 1.03 bits per heavy atom. The van der Waals surface area contributed by atoms with Crippen molar-refractivity contribution in [3.8, 4) is 5.69 Å². The molecule has 3 aromatic carbocycles. The molecule has 2 heterocycles. The summed E-state index contributed by atoms with van der Waals surface area (Å²) in [4.78, 5) is 52.4. The third-order valence-corrected chi connectivity index (χ3v) is 5.89. The highest BCUT2D eigenvalue weighted by Gasteiger charge is 2.27. The van der Waals surface area contributed by atoms with Crippen LogP contribution in [0.2, 0.25) is 0 Å². The number of carboxylic acids is 1. The maximum absolute atomic E-state index is 13.4. The number of aryl methyl sites for hydroxylation is 1. The minimum atomic E-state index is -1.35. The van der Waals surface area contributed by atoms with Gasteiger partial charge in [-0.1, -0.05) is 35.9 Å². The number of fused-ring (bicyclic) bond motifs is 2. The first-order valence-corrected chi connectivity index (χ1v) is 10.6. The number of rotatable bonds is 5. The van der Waals surface area contributed by atoms with Crippen LogP contribution in [-0.2, 0) is 6.54 Å². The van der Waals surface area contributed by atoms with E-state index in [4.69, 9.17) is 0 Å². The summed E-state index contributed by atoms with van der Waals surface area (Å²) in [5, 5.41) is 22.1. The van der Waals surface area contributed by atoms with Crippen molar-refractivity contribution in [3.05, 3.63) is 115 Å². The molecule has 5 aromatic rings. The Balaban J connectivity index is 1.87. The van der Waals surface area contributed by atoms with Crippen LogP contribution in [0.25, 0.3) is 27.5 Å². The van der Waals surface area contributed by atoms with Crippen LogP contribution in [0.4, 0.5) is 5.69 Å². The summed E-state index contributed by atoms with van der Waals surface area (Å²) >= 11 is 0. The van der Waals surface area contributed by atoms with Crippen molar-refractivity contribution in [1.29, 1.82) is 0 Å². The van der Waals surface area contributed by atoms with Gasteiger partial charge in [0.1, 0.15) is 0 Å². The van der Waals surface area contributed by atoms with Gasteiger partial charge in [0.05, 0.1) is 27.0 Å². The number of nitrogens with zero attached hydrogens (tertiary/aromatic N) is 3. The van der Waals surface area contributed by atoms with Crippen molar-refractivity contribution >= 4 is 33.5 Å². The number of aromatic amines is 1. The molecule has 0 aliphatic rings. The predicted molar refractivity (Wildman–Crippen MR) is 130 cm³/mol. The van der Waals surface area contributed by atoms with Crippen molar-refractivity contribution in [3.63, 3.8) is 0 Å². The van der Waals surface area contributed by atoms with Gasteiger partial charge in [-0.25, -0.2) is 14.2 Å². The van der Waals surface area contributed by atoms with Gasteiger partial charge in [0.25, 0.3) is 11.2 Å². The fourth-order valence-electron chi connectivity index (χ4n) is 4.37. The van der Waals surface area contributed by atoms with Gasteiger partial charge >= 0.3 is 11.7 Å². The number of carbonyl (C=O) groups is 1. The van der Waals surface area contributed by atoms with Gasteiger partial charge in [-0.2, -0.15) is 0 Å². The second-order valence-electron chi connectivity index (χ2n) is 8.15. The lowest BCUT2D eigenvalue weighted by molar-refractivity contribution is -0.384. The molecular weight excluding hydrogens is 452 g/mol. The summed E-state index contributed by atoms with van der Waals surface area (Å²) in [5.41, 5.74) is 0.211. The third kappa shape index (κ3) is 3.57. The fraction of sp³-hybridized carbons (Fsp3) is 0.0800. The number of aromatic carboxylic acids is 1. The van der Waals surface area contributed by atoms with Gasteiger partial charge in [0, 0.05) is 24.1 Å². The maximum Gasteiger partial charge on any atom is 0.354 e. The van der Waals surface area contributed by atoms with Gasteiger partial charge in [-0.05, 0) is 36.8 Å². The summed E-state index contributed by atoms with van der Waals surface area (Å²) < 4.78 is 2.30. The number of nitrogens with one attached hydrogen (secondary N) is 1. The molecule has 5 rings (SSSR count). The number of hydrogen-bond donors (Lipinski definition) is 2. The van der Waals surface area contributed by atoms with Crippen molar-refractivity contribution in [2.24, 2.45) is 0 Å². The van der Waals surface area contributed by atoms with E-state index in [0.29, 0.717) is 22.0 Å². The molecule has 10 nitrogen and oxygen atoms in total. The minimum absolute atomic E-state index is 0.0247. The van der Waals surface area contributed by atoms with Gasteiger partial charge in [-0.15, -0.1) is 0 Å². The quantitative estimate of drug-likeness (QED) is 0.297. The van der Waals surface area contributed by atoms with Crippen LogP contribution in [-0.4, -0.2) is 30.1 Å². The Labute approximate surface area is 196 Å². The average Bonchev–Trinajstić information content (AvgIpc) is 3.12. The monoisotopic (exact) mass is 470 g/mol. The topological polar surface area (TPSA) is 140 Å². The molecule has 174 valence electrons. The highest BCUT2D eigenvalue weighted by molar-refractivity contribution is 6.03. The lowest BCUT2D eigenvalue weighted by Crippen LogP contribution is -2.34. The third-order valence-electron chi connectivity index (χ3n) is 5.89.